The van der Waals surface area contributed by atoms with E-state index in [1.807, 2.05) is 0 Å². The molecule has 2 aliphatic rings. The highest BCUT2D eigenvalue weighted by Gasteiger charge is 2.26. The fourth-order valence-electron chi connectivity index (χ4n) is 2.97. The minimum Gasteiger partial charge on any atom is -0.491 e. The van der Waals surface area contributed by atoms with Crippen LogP contribution in [0.3, 0.4) is 0 Å². The monoisotopic (exact) mass is 383 g/mol. The van der Waals surface area contributed by atoms with Crippen LogP contribution in [0.1, 0.15) is 16.8 Å². The molecule has 0 bridgehead atoms. The third kappa shape index (κ3) is 3.62. The number of benzene rings is 2. The number of ether oxygens (including phenoxy) is 4. The second-order valence-electron chi connectivity index (χ2n) is 6.20. The number of fused-ring (bicyclic) bond motifs is 2. The number of hydrogen-bond donors (Lipinski definition) is 0. The molecule has 1 amide bonds. The molecular formula is C20H17NO7. The lowest BCUT2D eigenvalue weighted by Crippen LogP contribution is -2.36. The van der Waals surface area contributed by atoms with Crippen molar-refractivity contribution in [2.75, 3.05) is 31.5 Å². The number of carbonyl (C=O) groups is 3. The molecule has 2 aromatic carbocycles. The Kier molecular flexibility index (Phi) is 4.84. The molecule has 8 nitrogen and oxygen atoms in total. The molecule has 0 radical (unpaired) electrons. The Labute approximate surface area is 160 Å². The zero-order chi connectivity index (χ0) is 19.5. The first-order valence-electron chi connectivity index (χ1n) is 8.72. The lowest BCUT2D eigenvalue weighted by atomic mass is 10.1. The fraction of sp³-hybridized carbons (Fsp3) is 0.250. The second kappa shape index (κ2) is 7.59. The van der Waals surface area contributed by atoms with Gasteiger partial charge in [0.05, 0.1) is 18.7 Å². The molecule has 0 atom stereocenters. The van der Waals surface area contributed by atoms with Crippen molar-refractivity contribution < 1.29 is 33.3 Å². The predicted octanol–water partition coefficient (Wildman–Crippen LogP) is 1.96. The van der Waals surface area contributed by atoms with Crippen LogP contribution >= 0.6 is 0 Å². The molecule has 28 heavy (non-hydrogen) atoms. The Bertz CT molecular complexity index is 940. The third-order valence-corrected chi connectivity index (χ3v) is 4.38. The first-order chi connectivity index (χ1) is 13.6. The second-order valence-corrected chi connectivity index (χ2v) is 6.20. The smallest absolute Gasteiger partial charge is 0.326 e. The number of rotatable bonds is 5. The van der Waals surface area contributed by atoms with Crippen molar-refractivity contribution in [1.29, 1.82) is 0 Å². The number of Topliss-reactive ketones (excluding diaryl/α,β-unsaturated/α-hetero) is 1. The van der Waals surface area contributed by atoms with Gasteiger partial charge in [-0.25, -0.2) is 0 Å². The van der Waals surface area contributed by atoms with E-state index in [0.29, 0.717) is 28.5 Å². The van der Waals surface area contributed by atoms with E-state index >= 15 is 0 Å². The van der Waals surface area contributed by atoms with Gasteiger partial charge in [-0.15, -0.1) is 0 Å². The molecule has 2 aromatic rings. The van der Waals surface area contributed by atoms with Gasteiger partial charge >= 0.3 is 5.97 Å². The molecule has 0 fully saturated rings. The van der Waals surface area contributed by atoms with E-state index in [2.05, 4.69) is 0 Å². The summed E-state index contributed by atoms with van der Waals surface area (Å²) < 4.78 is 21.1. The zero-order valence-corrected chi connectivity index (χ0v) is 14.9. The van der Waals surface area contributed by atoms with Gasteiger partial charge in [0.25, 0.3) is 0 Å². The van der Waals surface area contributed by atoms with Crippen molar-refractivity contribution >= 4 is 23.3 Å². The summed E-state index contributed by atoms with van der Waals surface area (Å²) in [7, 11) is 0. The van der Waals surface area contributed by atoms with E-state index in [-0.39, 0.29) is 38.1 Å². The summed E-state index contributed by atoms with van der Waals surface area (Å²) in [6, 6.07) is 11.7. The Morgan fingerprint density at radius 3 is 2.71 bits per heavy atom. The molecule has 0 saturated carbocycles. The SMILES string of the molecule is O=C(CN1C(=O)CCOc2ccccc21)OCC(=O)c1ccc2c(c1)OCO2. The molecule has 0 saturated heterocycles. The van der Waals surface area contributed by atoms with Gasteiger partial charge in [-0.1, -0.05) is 12.1 Å². The molecule has 0 unspecified atom stereocenters. The van der Waals surface area contributed by atoms with Crippen LogP contribution in [-0.2, 0) is 14.3 Å². The van der Waals surface area contributed by atoms with Crippen LogP contribution in [-0.4, -0.2) is 44.2 Å². The van der Waals surface area contributed by atoms with Crippen LogP contribution in [0, 0.1) is 0 Å². The fourth-order valence-corrected chi connectivity index (χ4v) is 2.97. The van der Waals surface area contributed by atoms with Crippen LogP contribution in [0.25, 0.3) is 0 Å². The number of esters is 1. The Balaban J connectivity index is 1.39. The highest BCUT2D eigenvalue weighted by molar-refractivity contribution is 6.01. The van der Waals surface area contributed by atoms with Crippen LogP contribution in [0.2, 0.25) is 0 Å². The van der Waals surface area contributed by atoms with Crippen LogP contribution in [0.4, 0.5) is 5.69 Å². The van der Waals surface area contributed by atoms with Gasteiger partial charge in [0.15, 0.2) is 23.9 Å². The number of hydrogen-bond acceptors (Lipinski definition) is 7. The Morgan fingerprint density at radius 2 is 1.82 bits per heavy atom. The van der Waals surface area contributed by atoms with Crippen molar-refractivity contribution in [3.8, 4) is 17.2 Å². The normalized spacial score (nSPS) is 14.7. The molecule has 0 aliphatic carbocycles. The summed E-state index contributed by atoms with van der Waals surface area (Å²) in [4.78, 5) is 38.2. The van der Waals surface area contributed by atoms with Crippen molar-refractivity contribution in [2.24, 2.45) is 0 Å². The van der Waals surface area contributed by atoms with Crippen LogP contribution in [0.5, 0.6) is 17.2 Å². The maximum atomic E-state index is 12.3. The lowest BCUT2D eigenvalue weighted by Gasteiger charge is -2.20. The third-order valence-electron chi connectivity index (χ3n) is 4.38. The van der Waals surface area contributed by atoms with Gasteiger partial charge in [0.2, 0.25) is 12.7 Å². The summed E-state index contributed by atoms with van der Waals surface area (Å²) in [6.07, 6.45) is 0.151. The molecule has 2 heterocycles. The lowest BCUT2D eigenvalue weighted by molar-refractivity contribution is -0.141. The summed E-state index contributed by atoms with van der Waals surface area (Å²) >= 11 is 0. The highest BCUT2D eigenvalue weighted by atomic mass is 16.7. The Morgan fingerprint density at radius 1 is 1.00 bits per heavy atom. The molecule has 0 N–H and O–H groups in total. The quantitative estimate of drug-likeness (QED) is 0.576. The topological polar surface area (TPSA) is 91.4 Å². The first kappa shape index (κ1) is 17.8. The van der Waals surface area contributed by atoms with E-state index in [4.69, 9.17) is 18.9 Å². The van der Waals surface area contributed by atoms with E-state index in [1.165, 1.54) is 4.90 Å². The van der Waals surface area contributed by atoms with E-state index in [1.54, 1.807) is 42.5 Å². The molecule has 2 aliphatic heterocycles. The predicted molar refractivity (Wildman–Crippen MR) is 96.8 cm³/mol. The number of carbonyl (C=O) groups excluding carboxylic acids is 3. The average molecular weight is 383 g/mol. The van der Waals surface area contributed by atoms with E-state index in [9.17, 15) is 14.4 Å². The van der Waals surface area contributed by atoms with Gasteiger partial charge in [-0.3, -0.25) is 19.3 Å². The van der Waals surface area contributed by atoms with Crippen LogP contribution in [0.15, 0.2) is 42.5 Å². The van der Waals surface area contributed by atoms with Gasteiger partial charge < -0.3 is 18.9 Å². The Hall–Kier alpha value is -3.55. The summed E-state index contributed by atoms with van der Waals surface area (Å²) in [6.45, 7) is -0.382. The average Bonchev–Trinajstić information content (AvgIpc) is 3.12. The number of amides is 1. The first-order valence-corrected chi connectivity index (χ1v) is 8.72. The number of anilines is 1. The molecule has 0 spiro atoms. The van der Waals surface area contributed by atoms with E-state index < -0.39 is 12.6 Å². The van der Waals surface area contributed by atoms with Crippen molar-refractivity contribution in [2.45, 2.75) is 6.42 Å². The van der Waals surface area contributed by atoms with Gasteiger partial charge in [0.1, 0.15) is 12.3 Å². The highest BCUT2D eigenvalue weighted by Crippen LogP contribution is 2.33. The number of nitrogens with zero attached hydrogens (tertiary/aromatic N) is 1. The molecule has 144 valence electrons. The van der Waals surface area contributed by atoms with Gasteiger partial charge in [-0.2, -0.15) is 0 Å². The minimum absolute atomic E-state index is 0.108. The van der Waals surface area contributed by atoms with Crippen molar-refractivity contribution in [3.63, 3.8) is 0 Å². The number of para-hydroxylation sites is 2. The standard InChI is InChI=1S/C20H17NO7/c22-15(13-5-6-17-18(9-13)28-12-27-17)11-26-20(24)10-21-14-3-1-2-4-16(14)25-8-7-19(21)23/h1-6,9H,7-8,10-12H2. The molecule has 8 heteroatoms. The maximum Gasteiger partial charge on any atom is 0.326 e. The molecule has 0 aromatic heterocycles. The largest absolute Gasteiger partial charge is 0.491 e. The number of ketones is 1. The molecule has 4 rings (SSSR count). The minimum atomic E-state index is -0.681. The van der Waals surface area contributed by atoms with E-state index in [0.717, 1.165) is 0 Å². The summed E-state index contributed by atoms with van der Waals surface area (Å²) in [5.41, 5.74) is 0.852. The van der Waals surface area contributed by atoms with Gasteiger partial charge in [0, 0.05) is 5.56 Å². The maximum absolute atomic E-state index is 12.3. The molecular weight excluding hydrogens is 366 g/mol. The van der Waals surface area contributed by atoms with Crippen LogP contribution < -0.4 is 19.1 Å². The van der Waals surface area contributed by atoms with Crippen molar-refractivity contribution in [3.05, 3.63) is 48.0 Å². The zero-order valence-electron chi connectivity index (χ0n) is 14.9. The van der Waals surface area contributed by atoms with Crippen molar-refractivity contribution in [1.82, 2.24) is 0 Å². The summed E-state index contributed by atoms with van der Waals surface area (Å²) in [5, 5.41) is 0. The summed E-state index contributed by atoms with van der Waals surface area (Å²) in [5.74, 6) is 0.261. The van der Waals surface area contributed by atoms with Gasteiger partial charge in [-0.05, 0) is 30.3 Å².